The monoisotopic (exact) mass is 239 g/mol. The van der Waals surface area contributed by atoms with Crippen molar-refractivity contribution in [1.29, 1.82) is 0 Å². The molecule has 0 fully saturated rings. The maximum Gasteiger partial charge on any atom is 0.269 e. The summed E-state index contributed by atoms with van der Waals surface area (Å²) < 4.78 is 5.54. The number of nitro benzene ring substituents is 1. The lowest BCUT2D eigenvalue weighted by Gasteiger charge is -2.05. The molecule has 0 aromatic heterocycles. The Morgan fingerprint density at radius 1 is 1.11 bits per heavy atom. The number of ether oxygens (including phenoxy) is 1. The summed E-state index contributed by atoms with van der Waals surface area (Å²) in [6.45, 7) is 0. The molecular formula is C14H9NO3. The van der Waals surface area contributed by atoms with Crippen molar-refractivity contribution in [2.45, 2.75) is 0 Å². The van der Waals surface area contributed by atoms with Crippen LogP contribution in [-0.4, -0.2) is 4.92 Å². The standard InChI is InChI=1S/C14H9NO3/c1-2-11-4-3-5-14(10-11)18-13-8-6-12(7-9-13)15(16)17/h1,3-10H. The minimum Gasteiger partial charge on any atom is -0.457 e. The number of hydrogen-bond donors (Lipinski definition) is 0. The highest BCUT2D eigenvalue weighted by Gasteiger charge is 2.05. The van der Waals surface area contributed by atoms with Crippen LogP contribution in [0, 0.1) is 22.5 Å². The van der Waals surface area contributed by atoms with Crippen molar-refractivity contribution in [1.82, 2.24) is 0 Å². The number of non-ortho nitro benzene ring substituents is 1. The van der Waals surface area contributed by atoms with Crippen molar-refractivity contribution in [2.24, 2.45) is 0 Å². The Hall–Kier alpha value is -2.80. The number of rotatable bonds is 3. The fourth-order valence-electron chi connectivity index (χ4n) is 1.42. The molecule has 88 valence electrons. The molecule has 2 rings (SSSR count). The minimum absolute atomic E-state index is 0.0275. The van der Waals surface area contributed by atoms with E-state index in [1.54, 1.807) is 36.4 Å². The molecule has 0 aliphatic heterocycles. The van der Waals surface area contributed by atoms with E-state index in [1.165, 1.54) is 12.1 Å². The van der Waals surface area contributed by atoms with Crippen LogP contribution in [-0.2, 0) is 0 Å². The van der Waals surface area contributed by atoms with Crippen molar-refractivity contribution >= 4 is 5.69 Å². The van der Waals surface area contributed by atoms with Gasteiger partial charge in [-0.1, -0.05) is 12.0 Å². The number of hydrogen-bond acceptors (Lipinski definition) is 3. The normalized spacial score (nSPS) is 9.50. The molecule has 4 nitrogen and oxygen atoms in total. The molecule has 0 bridgehead atoms. The topological polar surface area (TPSA) is 52.4 Å². The molecule has 0 heterocycles. The highest BCUT2D eigenvalue weighted by Crippen LogP contribution is 2.24. The lowest BCUT2D eigenvalue weighted by molar-refractivity contribution is -0.384. The zero-order valence-electron chi connectivity index (χ0n) is 9.37. The molecule has 18 heavy (non-hydrogen) atoms. The first kappa shape index (κ1) is 11.7. The van der Waals surface area contributed by atoms with Crippen LogP contribution in [0.3, 0.4) is 0 Å². The van der Waals surface area contributed by atoms with Crippen LogP contribution in [0.2, 0.25) is 0 Å². The first-order chi connectivity index (χ1) is 8.69. The van der Waals surface area contributed by atoms with E-state index in [0.717, 1.165) is 5.56 Å². The number of benzene rings is 2. The predicted octanol–water partition coefficient (Wildman–Crippen LogP) is 3.37. The van der Waals surface area contributed by atoms with E-state index in [9.17, 15) is 10.1 Å². The van der Waals surface area contributed by atoms with Crippen molar-refractivity contribution in [2.75, 3.05) is 0 Å². The minimum atomic E-state index is -0.456. The van der Waals surface area contributed by atoms with Crippen molar-refractivity contribution in [3.05, 3.63) is 64.2 Å². The molecule has 0 N–H and O–H groups in total. The third-order valence-electron chi connectivity index (χ3n) is 2.28. The van der Waals surface area contributed by atoms with E-state index < -0.39 is 4.92 Å². The first-order valence-electron chi connectivity index (χ1n) is 5.18. The van der Waals surface area contributed by atoms with Gasteiger partial charge in [-0.2, -0.15) is 0 Å². The Bertz CT molecular complexity index is 612. The maximum absolute atomic E-state index is 10.5. The molecule has 0 spiro atoms. The molecule has 0 saturated carbocycles. The van der Waals surface area contributed by atoms with Gasteiger partial charge < -0.3 is 4.74 Å². The van der Waals surface area contributed by atoms with Gasteiger partial charge in [-0.15, -0.1) is 6.42 Å². The molecule has 0 unspecified atom stereocenters. The summed E-state index contributed by atoms with van der Waals surface area (Å²) in [6.07, 6.45) is 5.28. The Morgan fingerprint density at radius 3 is 2.44 bits per heavy atom. The van der Waals surface area contributed by atoms with Gasteiger partial charge in [0.2, 0.25) is 0 Å². The van der Waals surface area contributed by atoms with E-state index in [-0.39, 0.29) is 5.69 Å². The Balaban J connectivity index is 2.18. The smallest absolute Gasteiger partial charge is 0.269 e. The molecule has 0 saturated heterocycles. The average Bonchev–Trinajstić information content (AvgIpc) is 2.39. The van der Waals surface area contributed by atoms with Crippen LogP contribution in [0.4, 0.5) is 5.69 Å². The number of nitrogens with zero attached hydrogens (tertiary/aromatic N) is 1. The van der Waals surface area contributed by atoms with E-state index >= 15 is 0 Å². The van der Waals surface area contributed by atoms with Gasteiger partial charge in [0.15, 0.2) is 0 Å². The fraction of sp³-hybridized carbons (Fsp3) is 0. The first-order valence-corrected chi connectivity index (χ1v) is 5.18. The van der Waals surface area contributed by atoms with Crippen LogP contribution in [0.5, 0.6) is 11.5 Å². The molecule has 0 amide bonds. The van der Waals surface area contributed by atoms with Crippen molar-refractivity contribution in [3.63, 3.8) is 0 Å². The molecule has 0 aliphatic rings. The summed E-state index contributed by atoms with van der Waals surface area (Å²) in [6, 6.07) is 12.9. The molecule has 0 aliphatic carbocycles. The third-order valence-corrected chi connectivity index (χ3v) is 2.28. The van der Waals surface area contributed by atoms with Crippen LogP contribution in [0.25, 0.3) is 0 Å². The Morgan fingerprint density at radius 2 is 1.83 bits per heavy atom. The van der Waals surface area contributed by atoms with Crippen molar-refractivity contribution < 1.29 is 9.66 Å². The lowest BCUT2D eigenvalue weighted by atomic mass is 10.2. The van der Waals surface area contributed by atoms with Crippen LogP contribution in [0.15, 0.2) is 48.5 Å². The molecule has 2 aromatic carbocycles. The van der Waals surface area contributed by atoms with Gasteiger partial charge in [-0.3, -0.25) is 10.1 Å². The Kier molecular flexibility index (Phi) is 3.26. The van der Waals surface area contributed by atoms with Gasteiger partial charge in [-0.25, -0.2) is 0 Å². The molecule has 2 aromatic rings. The quantitative estimate of drug-likeness (QED) is 0.468. The second kappa shape index (κ2) is 5.02. The SMILES string of the molecule is C#Cc1cccc(Oc2ccc([N+](=O)[O-])cc2)c1. The largest absolute Gasteiger partial charge is 0.457 e. The third kappa shape index (κ3) is 2.66. The summed E-state index contributed by atoms with van der Waals surface area (Å²) in [5, 5.41) is 10.5. The van der Waals surface area contributed by atoms with Gasteiger partial charge in [0.25, 0.3) is 5.69 Å². The molecule has 4 heteroatoms. The number of terminal acetylenes is 1. The van der Waals surface area contributed by atoms with Crippen LogP contribution >= 0.6 is 0 Å². The van der Waals surface area contributed by atoms with E-state index in [2.05, 4.69) is 5.92 Å². The summed E-state index contributed by atoms with van der Waals surface area (Å²) in [5.74, 6) is 3.63. The summed E-state index contributed by atoms with van der Waals surface area (Å²) >= 11 is 0. The van der Waals surface area contributed by atoms with E-state index in [1.807, 2.05) is 0 Å². The summed E-state index contributed by atoms with van der Waals surface area (Å²) in [4.78, 5) is 10.0. The van der Waals surface area contributed by atoms with Crippen molar-refractivity contribution in [3.8, 4) is 23.8 Å². The summed E-state index contributed by atoms with van der Waals surface area (Å²) in [5.41, 5.74) is 0.745. The maximum atomic E-state index is 10.5. The molecular weight excluding hydrogens is 230 g/mol. The van der Waals surface area contributed by atoms with Gasteiger partial charge in [0, 0.05) is 17.7 Å². The second-order valence-corrected chi connectivity index (χ2v) is 3.53. The van der Waals surface area contributed by atoms with Crippen LogP contribution in [0.1, 0.15) is 5.56 Å². The highest BCUT2D eigenvalue weighted by molar-refractivity contribution is 5.42. The van der Waals surface area contributed by atoms with Gasteiger partial charge in [0.05, 0.1) is 4.92 Å². The zero-order chi connectivity index (χ0) is 13.0. The fourth-order valence-corrected chi connectivity index (χ4v) is 1.42. The van der Waals surface area contributed by atoms with Gasteiger partial charge >= 0.3 is 0 Å². The molecule has 0 radical (unpaired) electrons. The van der Waals surface area contributed by atoms with Gasteiger partial charge in [0.1, 0.15) is 11.5 Å². The average molecular weight is 239 g/mol. The highest BCUT2D eigenvalue weighted by atomic mass is 16.6. The summed E-state index contributed by atoms with van der Waals surface area (Å²) in [7, 11) is 0. The second-order valence-electron chi connectivity index (χ2n) is 3.53. The van der Waals surface area contributed by atoms with Crippen LogP contribution < -0.4 is 4.74 Å². The van der Waals surface area contributed by atoms with E-state index in [4.69, 9.17) is 11.2 Å². The Labute approximate surface area is 104 Å². The lowest BCUT2D eigenvalue weighted by Crippen LogP contribution is -1.88. The number of nitro groups is 1. The molecule has 0 atom stereocenters. The predicted molar refractivity (Wildman–Crippen MR) is 67.5 cm³/mol. The zero-order valence-corrected chi connectivity index (χ0v) is 9.37. The van der Waals surface area contributed by atoms with Gasteiger partial charge in [-0.05, 0) is 30.3 Å². The van der Waals surface area contributed by atoms with E-state index in [0.29, 0.717) is 11.5 Å².